The number of nitrogens with one attached hydrogen (secondary N) is 2. The molecule has 1 fully saturated rings. The molecule has 1 unspecified atom stereocenters. The summed E-state index contributed by atoms with van der Waals surface area (Å²) in [7, 11) is 0. The Labute approximate surface area is 151 Å². The summed E-state index contributed by atoms with van der Waals surface area (Å²) >= 11 is 0. The number of rotatable bonds is 5. The van der Waals surface area contributed by atoms with Gasteiger partial charge in [0.25, 0.3) is 0 Å². The first kappa shape index (κ1) is 16.8. The smallest absolute Gasteiger partial charge is 0.232 e. The second-order valence-corrected chi connectivity index (χ2v) is 7.00. The van der Waals surface area contributed by atoms with Crippen LogP contribution in [0.2, 0.25) is 0 Å². The second-order valence-electron chi connectivity index (χ2n) is 7.00. The molecule has 2 atom stereocenters. The Morgan fingerprint density at radius 3 is 3.04 bits per heavy atom. The van der Waals surface area contributed by atoms with E-state index in [0.29, 0.717) is 18.4 Å². The number of fused-ring (bicyclic) bond motifs is 1. The van der Waals surface area contributed by atoms with E-state index < -0.39 is 5.60 Å². The van der Waals surface area contributed by atoms with E-state index in [9.17, 15) is 5.11 Å². The summed E-state index contributed by atoms with van der Waals surface area (Å²) in [6, 6.07) is 1.89. The minimum absolute atomic E-state index is 0.0103. The van der Waals surface area contributed by atoms with Crippen LogP contribution in [0.3, 0.4) is 0 Å². The Morgan fingerprint density at radius 1 is 1.46 bits per heavy atom. The minimum atomic E-state index is -0.726. The van der Waals surface area contributed by atoms with Crippen molar-refractivity contribution in [2.75, 3.05) is 11.9 Å². The SMILES string of the molecule is CCOc1nc(Nc2cnn([C@@H]3CCCC3(C)O)c2C)nc2[nH]ccc12. The Bertz CT molecular complexity index is 929. The second kappa shape index (κ2) is 6.28. The van der Waals surface area contributed by atoms with Crippen molar-refractivity contribution in [2.24, 2.45) is 0 Å². The third-order valence-electron chi connectivity index (χ3n) is 5.13. The molecule has 0 radical (unpaired) electrons. The van der Waals surface area contributed by atoms with E-state index >= 15 is 0 Å². The van der Waals surface area contributed by atoms with E-state index in [-0.39, 0.29) is 6.04 Å². The van der Waals surface area contributed by atoms with Gasteiger partial charge in [0.05, 0.1) is 41.2 Å². The van der Waals surface area contributed by atoms with Crippen molar-refractivity contribution in [2.45, 2.75) is 51.7 Å². The molecule has 1 saturated carbocycles. The molecule has 0 aliphatic heterocycles. The van der Waals surface area contributed by atoms with Gasteiger partial charge in [-0.15, -0.1) is 0 Å². The van der Waals surface area contributed by atoms with Crippen molar-refractivity contribution in [3.63, 3.8) is 0 Å². The zero-order valence-corrected chi connectivity index (χ0v) is 15.3. The highest BCUT2D eigenvalue weighted by Crippen LogP contribution is 2.40. The Balaban J connectivity index is 1.65. The van der Waals surface area contributed by atoms with Crippen LogP contribution in [-0.4, -0.2) is 42.0 Å². The molecule has 3 N–H and O–H groups in total. The molecule has 4 rings (SSSR count). The minimum Gasteiger partial charge on any atom is -0.477 e. The Kier molecular flexibility index (Phi) is 4.07. The van der Waals surface area contributed by atoms with Crippen molar-refractivity contribution in [1.82, 2.24) is 24.7 Å². The van der Waals surface area contributed by atoms with Crippen molar-refractivity contribution >= 4 is 22.7 Å². The quantitative estimate of drug-likeness (QED) is 0.649. The number of aromatic amines is 1. The summed E-state index contributed by atoms with van der Waals surface area (Å²) in [6.07, 6.45) is 6.30. The number of anilines is 2. The molecule has 0 aromatic carbocycles. The average Bonchev–Trinajstić information content (AvgIpc) is 3.28. The Hall–Kier alpha value is -2.61. The molecule has 0 bridgehead atoms. The number of nitrogens with zero attached hydrogens (tertiary/aromatic N) is 4. The average molecular weight is 356 g/mol. The molecule has 8 heteroatoms. The van der Waals surface area contributed by atoms with Gasteiger partial charge in [-0.05, 0) is 46.1 Å². The summed E-state index contributed by atoms with van der Waals surface area (Å²) in [6.45, 7) is 6.33. The highest BCUT2D eigenvalue weighted by molar-refractivity contribution is 5.82. The van der Waals surface area contributed by atoms with Crippen molar-refractivity contribution in [1.29, 1.82) is 0 Å². The molecule has 0 spiro atoms. The molecule has 0 amide bonds. The van der Waals surface area contributed by atoms with Gasteiger partial charge in [0, 0.05) is 6.20 Å². The number of hydrogen-bond acceptors (Lipinski definition) is 6. The maximum atomic E-state index is 10.6. The molecule has 1 aliphatic carbocycles. The molecule has 8 nitrogen and oxygen atoms in total. The molecule has 1 aliphatic rings. The lowest BCUT2D eigenvalue weighted by Crippen LogP contribution is -2.32. The van der Waals surface area contributed by atoms with Crippen LogP contribution < -0.4 is 10.1 Å². The summed E-state index contributed by atoms with van der Waals surface area (Å²) < 4.78 is 7.54. The fraction of sp³-hybridized carbons (Fsp3) is 0.500. The van der Waals surface area contributed by atoms with Gasteiger partial charge in [0.1, 0.15) is 5.65 Å². The number of hydrogen-bond donors (Lipinski definition) is 3. The standard InChI is InChI=1S/C18H24N6O2/c1-4-26-16-12-7-9-19-15(12)22-17(23-16)21-13-10-20-24(11(13)2)14-6-5-8-18(14,3)25/h7,9-10,14,25H,4-6,8H2,1-3H3,(H2,19,21,22,23)/t14-,18?/m1/s1. The highest BCUT2D eigenvalue weighted by atomic mass is 16.5. The number of aromatic nitrogens is 5. The highest BCUT2D eigenvalue weighted by Gasteiger charge is 2.39. The fourth-order valence-electron chi connectivity index (χ4n) is 3.71. The maximum absolute atomic E-state index is 10.6. The van der Waals surface area contributed by atoms with Gasteiger partial charge in [0.15, 0.2) is 0 Å². The van der Waals surface area contributed by atoms with Crippen molar-refractivity contribution in [3.8, 4) is 5.88 Å². The molecule has 138 valence electrons. The number of ether oxygens (including phenoxy) is 1. The zero-order chi connectivity index (χ0) is 18.3. The molecule has 3 aromatic rings. The number of H-pyrrole nitrogens is 1. The summed E-state index contributed by atoms with van der Waals surface area (Å²) in [5, 5.41) is 19.2. The van der Waals surface area contributed by atoms with Crippen LogP contribution in [0.15, 0.2) is 18.5 Å². The summed E-state index contributed by atoms with van der Waals surface area (Å²) in [5.41, 5.74) is 1.76. The molecule has 3 aromatic heterocycles. The first-order valence-electron chi connectivity index (χ1n) is 9.01. The van der Waals surface area contributed by atoms with E-state index in [2.05, 4.69) is 25.4 Å². The van der Waals surface area contributed by atoms with E-state index in [4.69, 9.17) is 4.74 Å². The molecule has 26 heavy (non-hydrogen) atoms. The lowest BCUT2D eigenvalue weighted by atomic mass is 10.0. The topological polar surface area (TPSA) is 101 Å². The van der Waals surface area contributed by atoms with Gasteiger partial charge < -0.3 is 20.1 Å². The molecular weight excluding hydrogens is 332 g/mol. The van der Waals surface area contributed by atoms with Gasteiger partial charge in [-0.2, -0.15) is 15.1 Å². The lowest BCUT2D eigenvalue weighted by molar-refractivity contribution is 0.0214. The summed E-state index contributed by atoms with van der Waals surface area (Å²) in [5.74, 6) is 0.995. The largest absolute Gasteiger partial charge is 0.477 e. The van der Waals surface area contributed by atoms with E-state index in [1.54, 1.807) is 6.20 Å². The third-order valence-corrected chi connectivity index (χ3v) is 5.13. The van der Waals surface area contributed by atoms with Gasteiger partial charge in [-0.3, -0.25) is 4.68 Å². The lowest BCUT2D eigenvalue weighted by Gasteiger charge is -2.26. The van der Waals surface area contributed by atoms with Crippen LogP contribution in [0.5, 0.6) is 5.88 Å². The monoisotopic (exact) mass is 356 g/mol. The normalized spacial score (nSPS) is 22.8. The van der Waals surface area contributed by atoms with Crippen molar-refractivity contribution < 1.29 is 9.84 Å². The fourth-order valence-corrected chi connectivity index (χ4v) is 3.71. The first-order chi connectivity index (χ1) is 12.5. The molecular formula is C18H24N6O2. The van der Waals surface area contributed by atoms with E-state index in [0.717, 1.165) is 41.7 Å². The predicted molar refractivity (Wildman–Crippen MR) is 98.8 cm³/mol. The van der Waals surface area contributed by atoms with Gasteiger partial charge in [0.2, 0.25) is 11.8 Å². The molecule has 3 heterocycles. The van der Waals surface area contributed by atoms with E-state index in [1.165, 1.54) is 0 Å². The summed E-state index contributed by atoms with van der Waals surface area (Å²) in [4.78, 5) is 12.1. The van der Waals surface area contributed by atoms with E-state index in [1.807, 2.05) is 37.7 Å². The van der Waals surface area contributed by atoms with Crippen LogP contribution in [0.4, 0.5) is 11.6 Å². The molecule has 0 saturated heterocycles. The number of aliphatic hydroxyl groups is 1. The van der Waals surface area contributed by atoms with Crippen LogP contribution >= 0.6 is 0 Å². The van der Waals surface area contributed by atoms with Crippen molar-refractivity contribution in [3.05, 3.63) is 24.2 Å². The predicted octanol–water partition coefficient (Wildman–Crippen LogP) is 3.08. The first-order valence-corrected chi connectivity index (χ1v) is 9.01. The van der Waals surface area contributed by atoms with Gasteiger partial charge in [-0.25, -0.2) is 0 Å². The van der Waals surface area contributed by atoms with Crippen LogP contribution in [0.1, 0.15) is 44.8 Å². The van der Waals surface area contributed by atoms with Crippen LogP contribution in [0, 0.1) is 6.92 Å². The third kappa shape index (κ3) is 2.80. The zero-order valence-electron chi connectivity index (χ0n) is 15.3. The Morgan fingerprint density at radius 2 is 2.31 bits per heavy atom. The van der Waals surface area contributed by atoms with Gasteiger partial charge >= 0.3 is 0 Å². The maximum Gasteiger partial charge on any atom is 0.232 e. The van der Waals surface area contributed by atoms with Gasteiger partial charge in [-0.1, -0.05) is 0 Å². The van der Waals surface area contributed by atoms with Crippen LogP contribution in [0.25, 0.3) is 11.0 Å². The van der Waals surface area contributed by atoms with Crippen LogP contribution in [-0.2, 0) is 0 Å².